The molecule has 5 heteroatoms. The first kappa shape index (κ1) is 10.1. The Morgan fingerprint density at radius 2 is 2.27 bits per heavy atom. The van der Waals surface area contributed by atoms with E-state index < -0.39 is 0 Å². The van der Waals surface area contributed by atoms with Gasteiger partial charge < -0.3 is 0 Å². The fourth-order valence-electron chi connectivity index (χ4n) is 1.43. The summed E-state index contributed by atoms with van der Waals surface area (Å²) in [4.78, 5) is 0. The monoisotopic (exact) mass is 222 g/mol. The molecule has 4 nitrogen and oxygen atoms in total. The quantitative estimate of drug-likeness (QED) is 0.744. The molecule has 78 valence electrons. The van der Waals surface area contributed by atoms with E-state index in [0.717, 1.165) is 0 Å². The number of nitrogens with zero attached hydrogens (tertiary/aromatic N) is 4. The Morgan fingerprint density at radius 1 is 1.40 bits per heavy atom. The molecule has 0 radical (unpaired) electrons. The first-order valence-electron chi connectivity index (χ1n) is 4.66. The highest BCUT2D eigenvalue weighted by molar-refractivity contribution is 6.16. The van der Waals surface area contributed by atoms with Crippen molar-refractivity contribution in [3.8, 4) is 0 Å². The summed E-state index contributed by atoms with van der Waals surface area (Å²) in [6, 6.07) is 8.24. The van der Waals surface area contributed by atoms with Crippen LogP contribution < -0.4 is 0 Å². The largest absolute Gasteiger partial charge is 0.224 e. The zero-order chi connectivity index (χ0) is 10.7. The summed E-state index contributed by atoms with van der Waals surface area (Å²) in [5.41, 5.74) is 2.40. The summed E-state index contributed by atoms with van der Waals surface area (Å²) in [6.07, 6.45) is 0. The summed E-state index contributed by atoms with van der Waals surface area (Å²) in [7, 11) is 0. The standard InChI is InChI=1S/C10H11ClN4/c1-8-3-2-4-9(5-8)7-15-10(6-11)12-13-14-15/h2-5H,6-7H2,1H3. The zero-order valence-electron chi connectivity index (χ0n) is 8.39. The molecule has 15 heavy (non-hydrogen) atoms. The maximum Gasteiger partial charge on any atom is 0.166 e. The highest BCUT2D eigenvalue weighted by Crippen LogP contribution is 2.07. The molecule has 0 atom stereocenters. The zero-order valence-corrected chi connectivity index (χ0v) is 9.15. The second-order valence-corrected chi connectivity index (χ2v) is 3.64. The Labute approximate surface area is 92.9 Å². The summed E-state index contributed by atoms with van der Waals surface area (Å²) in [6.45, 7) is 2.72. The predicted octanol–water partition coefficient (Wildman–Crippen LogP) is 1.77. The third-order valence-electron chi connectivity index (χ3n) is 2.14. The minimum absolute atomic E-state index is 0.332. The van der Waals surface area contributed by atoms with Gasteiger partial charge in [-0.15, -0.1) is 16.7 Å². The van der Waals surface area contributed by atoms with E-state index in [0.29, 0.717) is 18.2 Å². The van der Waals surface area contributed by atoms with Crippen LogP contribution in [0.1, 0.15) is 17.0 Å². The number of hydrogen-bond donors (Lipinski definition) is 0. The Bertz CT molecular complexity index is 452. The summed E-state index contributed by atoms with van der Waals surface area (Å²) in [5.74, 6) is 1.02. The lowest BCUT2D eigenvalue weighted by Gasteiger charge is -2.03. The van der Waals surface area contributed by atoms with E-state index in [1.165, 1.54) is 11.1 Å². The average molecular weight is 223 g/mol. The van der Waals surface area contributed by atoms with Crippen LogP contribution in [0, 0.1) is 6.92 Å². The number of hydrogen-bond acceptors (Lipinski definition) is 3. The lowest BCUT2D eigenvalue weighted by Crippen LogP contribution is -2.05. The summed E-state index contributed by atoms with van der Waals surface area (Å²) >= 11 is 5.71. The van der Waals surface area contributed by atoms with E-state index in [9.17, 15) is 0 Å². The molecule has 2 aromatic rings. The van der Waals surface area contributed by atoms with E-state index in [2.05, 4.69) is 34.6 Å². The second-order valence-electron chi connectivity index (χ2n) is 3.38. The first-order chi connectivity index (χ1) is 7.29. The van der Waals surface area contributed by atoms with Crippen molar-refractivity contribution in [3.05, 3.63) is 41.2 Å². The fourth-order valence-corrected chi connectivity index (χ4v) is 1.62. The number of tetrazole rings is 1. The predicted molar refractivity (Wildman–Crippen MR) is 57.7 cm³/mol. The van der Waals surface area contributed by atoms with Crippen molar-refractivity contribution in [3.63, 3.8) is 0 Å². The number of halogens is 1. The molecule has 0 spiro atoms. The Morgan fingerprint density at radius 3 is 3.00 bits per heavy atom. The van der Waals surface area contributed by atoms with Gasteiger partial charge in [0.1, 0.15) is 0 Å². The Kier molecular flexibility index (Phi) is 2.97. The van der Waals surface area contributed by atoms with E-state index in [4.69, 9.17) is 11.6 Å². The van der Waals surface area contributed by atoms with Gasteiger partial charge in [-0.05, 0) is 22.9 Å². The number of aryl methyl sites for hydroxylation is 1. The van der Waals surface area contributed by atoms with Gasteiger partial charge in [-0.2, -0.15) is 0 Å². The molecule has 0 N–H and O–H groups in total. The molecular formula is C10H11ClN4. The van der Waals surface area contributed by atoms with Gasteiger partial charge in [0.2, 0.25) is 0 Å². The fraction of sp³-hybridized carbons (Fsp3) is 0.300. The van der Waals surface area contributed by atoms with Gasteiger partial charge in [0.15, 0.2) is 5.82 Å². The van der Waals surface area contributed by atoms with Crippen molar-refractivity contribution in [2.45, 2.75) is 19.3 Å². The van der Waals surface area contributed by atoms with Crippen molar-refractivity contribution < 1.29 is 0 Å². The smallest absolute Gasteiger partial charge is 0.166 e. The highest BCUT2D eigenvalue weighted by atomic mass is 35.5. The Balaban J connectivity index is 2.22. The van der Waals surface area contributed by atoms with Gasteiger partial charge in [-0.1, -0.05) is 29.8 Å². The van der Waals surface area contributed by atoms with Crippen LogP contribution in [0.2, 0.25) is 0 Å². The lowest BCUT2D eigenvalue weighted by molar-refractivity contribution is 0.630. The van der Waals surface area contributed by atoms with Crippen molar-refractivity contribution >= 4 is 11.6 Å². The van der Waals surface area contributed by atoms with E-state index >= 15 is 0 Å². The molecule has 1 heterocycles. The second kappa shape index (κ2) is 4.40. The molecule has 1 aromatic carbocycles. The minimum Gasteiger partial charge on any atom is -0.224 e. The molecule has 0 amide bonds. The minimum atomic E-state index is 0.332. The van der Waals surface area contributed by atoms with Crippen LogP contribution in [0.15, 0.2) is 24.3 Å². The maximum absolute atomic E-state index is 5.71. The normalized spacial score (nSPS) is 10.5. The first-order valence-corrected chi connectivity index (χ1v) is 5.19. The van der Waals surface area contributed by atoms with Crippen LogP contribution in [0.25, 0.3) is 0 Å². The topological polar surface area (TPSA) is 43.6 Å². The molecule has 0 aliphatic heterocycles. The van der Waals surface area contributed by atoms with Gasteiger partial charge in [0, 0.05) is 0 Å². The van der Waals surface area contributed by atoms with Crippen molar-refractivity contribution in [2.24, 2.45) is 0 Å². The maximum atomic E-state index is 5.71. The van der Waals surface area contributed by atoms with Gasteiger partial charge in [-0.25, -0.2) is 4.68 Å². The number of rotatable bonds is 3. The molecular weight excluding hydrogens is 212 g/mol. The van der Waals surface area contributed by atoms with Crippen LogP contribution >= 0.6 is 11.6 Å². The molecule has 2 rings (SSSR count). The third kappa shape index (κ3) is 2.33. The van der Waals surface area contributed by atoms with Gasteiger partial charge in [0.05, 0.1) is 12.4 Å². The number of alkyl halides is 1. The van der Waals surface area contributed by atoms with Crippen molar-refractivity contribution in [1.82, 2.24) is 20.2 Å². The molecule has 0 unspecified atom stereocenters. The van der Waals surface area contributed by atoms with Crippen LogP contribution in [0.5, 0.6) is 0 Å². The number of aromatic nitrogens is 4. The van der Waals surface area contributed by atoms with Crippen LogP contribution in [0.3, 0.4) is 0 Å². The molecule has 0 saturated heterocycles. The van der Waals surface area contributed by atoms with Crippen molar-refractivity contribution in [2.75, 3.05) is 0 Å². The highest BCUT2D eigenvalue weighted by Gasteiger charge is 2.04. The van der Waals surface area contributed by atoms with Gasteiger partial charge in [0.25, 0.3) is 0 Å². The third-order valence-corrected chi connectivity index (χ3v) is 2.38. The van der Waals surface area contributed by atoms with E-state index in [1.807, 2.05) is 12.1 Å². The van der Waals surface area contributed by atoms with Crippen molar-refractivity contribution in [1.29, 1.82) is 0 Å². The average Bonchev–Trinajstić information content (AvgIpc) is 2.65. The lowest BCUT2D eigenvalue weighted by atomic mass is 10.1. The number of benzene rings is 1. The van der Waals surface area contributed by atoms with Crippen LogP contribution in [-0.2, 0) is 12.4 Å². The summed E-state index contributed by atoms with van der Waals surface area (Å²) < 4.78 is 1.71. The molecule has 0 bridgehead atoms. The molecule has 0 fully saturated rings. The molecule has 0 aliphatic rings. The summed E-state index contributed by atoms with van der Waals surface area (Å²) in [5, 5.41) is 11.3. The molecule has 0 aliphatic carbocycles. The van der Waals surface area contributed by atoms with Gasteiger partial charge in [-0.3, -0.25) is 0 Å². The van der Waals surface area contributed by atoms with Gasteiger partial charge >= 0.3 is 0 Å². The molecule has 0 saturated carbocycles. The Hall–Kier alpha value is -1.42. The van der Waals surface area contributed by atoms with Crippen LogP contribution in [0.4, 0.5) is 0 Å². The van der Waals surface area contributed by atoms with E-state index in [-0.39, 0.29) is 0 Å². The molecule has 1 aromatic heterocycles. The SMILES string of the molecule is Cc1cccc(Cn2nnnc2CCl)c1. The van der Waals surface area contributed by atoms with Crippen LogP contribution in [-0.4, -0.2) is 20.2 Å². The van der Waals surface area contributed by atoms with E-state index in [1.54, 1.807) is 4.68 Å².